The average molecular weight is 339 g/mol. The van der Waals surface area contributed by atoms with Crippen molar-refractivity contribution in [3.05, 3.63) is 40.9 Å². The van der Waals surface area contributed by atoms with Crippen molar-refractivity contribution < 1.29 is 9.53 Å². The topological polar surface area (TPSA) is 41.6 Å². The smallest absolute Gasteiger partial charge is 0.318 e. The molecule has 1 aliphatic rings. The Bertz CT molecular complexity index is 483. The molecule has 1 aromatic carbocycles. The Morgan fingerprint density at radius 1 is 1.45 bits per heavy atom. The molecule has 0 spiro atoms. The number of benzene rings is 1. The molecular weight excluding hydrogens is 320 g/mol. The second kappa shape index (κ2) is 6.79. The van der Waals surface area contributed by atoms with Crippen LogP contribution in [0.25, 0.3) is 0 Å². The maximum Gasteiger partial charge on any atom is 0.318 e. The molecule has 1 saturated carbocycles. The molecule has 0 atom stereocenters. The SMILES string of the molecule is C=C(Br)CNC(=O)N(Cc1ccc(OC)cc1)C1CC1. The number of carbonyl (C=O) groups is 1. The van der Waals surface area contributed by atoms with E-state index in [-0.39, 0.29) is 6.03 Å². The molecule has 1 N–H and O–H groups in total. The van der Waals surface area contributed by atoms with Crippen molar-refractivity contribution >= 4 is 22.0 Å². The van der Waals surface area contributed by atoms with Crippen LogP contribution in [-0.2, 0) is 6.54 Å². The monoisotopic (exact) mass is 338 g/mol. The molecule has 1 aromatic rings. The van der Waals surface area contributed by atoms with Crippen molar-refractivity contribution in [3.63, 3.8) is 0 Å². The first-order chi connectivity index (χ1) is 9.60. The van der Waals surface area contributed by atoms with Gasteiger partial charge in [0.15, 0.2) is 0 Å². The van der Waals surface area contributed by atoms with Crippen LogP contribution < -0.4 is 10.1 Å². The van der Waals surface area contributed by atoms with E-state index in [0.717, 1.165) is 28.6 Å². The third kappa shape index (κ3) is 4.27. The highest BCUT2D eigenvalue weighted by Gasteiger charge is 2.32. The number of amides is 2. The van der Waals surface area contributed by atoms with E-state index in [9.17, 15) is 4.79 Å². The van der Waals surface area contributed by atoms with Gasteiger partial charge in [-0.15, -0.1) is 0 Å². The van der Waals surface area contributed by atoms with Gasteiger partial charge < -0.3 is 15.0 Å². The Hall–Kier alpha value is -1.49. The van der Waals surface area contributed by atoms with Gasteiger partial charge in [0.1, 0.15) is 5.75 Å². The molecule has 1 fully saturated rings. The van der Waals surface area contributed by atoms with Crippen LogP contribution in [0.15, 0.2) is 35.3 Å². The minimum Gasteiger partial charge on any atom is -0.497 e. The van der Waals surface area contributed by atoms with Crippen LogP contribution in [0.4, 0.5) is 4.79 Å². The van der Waals surface area contributed by atoms with E-state index in [2.05, 4.69) is 27.8 Å². The number of nitrogens with zero attached hydrogens (tertiary/aromatic N) is 1. The second-order valence-electron chi connectivity index (χ2n) is 4.88. The summed E-state index contributed by atoms with van der Waals surface area (Å²) in [6, 6.07) is 8.14. The van der Waals surface area contributed by atoms with E-state index >= 15 is 0 Å². The minimum atomic E-state index is -0.0380. The quantitative estimate of drug-likeness (QED) is 0.864. The van der Waals surface area contributed by atoms with Crippen LogP contribution in [0.2, 0.25) is 0 Å². The van der Waals surface area contributed by atoms with Crippen molar-refractivity contribution in [1.29, 1.82) is 0 Å². The molecule has 4 nitrogen and oxygen atoms in total. The molecule has 0 aromatic heterocycles. The lowest BCUT2D eigenvalue weighted by molar-refractivity contribution is 0.193. The van der Waals surface area contributed by atoms with Crippen LogP contribution in [0, 0.1) is 0 Å². The first kappa shape index (κ1) is 14.9. The molecule has 0 heterocycles. The highest BCUT2D eigenvalue weighted by Crippen LogP contribution is 2.28. The summed E-state index contributed by atoms with van der Waals surface area (Å²) in [5, 5.41) is 2.86. The number of hydrogen-bond acceptors (Lipinski definition) is 2. The Morgan fingerprint density at radius 2 is 2.10 bits per heavy atom. The Kier molecular flexibility index (Phi) is 5.06. The molecule has 20 heavy (non-hydrogen) atoms. The second-order valence-corrected chi connectivity index (χ2v) is 6.00. The maximum atomic E-state index is 12.2. The van der Waals surface area contributed by atoms with Gasteiger partial charge in [-0.3, -0.25) is 0 Å². The normalized spacial score (nSPS) is 13.7. The standard InChI is InChI=1S/C15H19BrN2O2/c1-11(16)9-17-15(19)18(13-5-6-13)10-12-3-7-14(20-2)8-4-12/h3-4,7-8,13H,1,5-6,9-10H2,2H3,(H,17,19). The lowest BCUT2D eigenvalue weighted by atomic mass is 10.2. The summed E-state index contributed by atoms with van der Waals surface area (Å²) in [5.41, 5.74) is 1.10. The summed E-state index contributed by atoms with van der Waals surface area (Å²) < 4.78 is 5.91. The van der Waals surface area contributed by atoms with E-state index in [0.29, 0.717) is 19.1 Å². The van der Waals surface area contributed by atoms with Gasteiger partial charge in [0.05, 0.1) is 13.7 Å². The zero-order valence-electron chi connectivity index (χ0n) is 11.6. The summed E-state index contributed by atoms with van der Waals surface area (Å²) in [6.45, 7) is 4.79. The molecule has 0 bridgehead atoms. The van der Waals surface area contributed by atoms with Gasteiger partial charge in [-0.05, 0) is 30.5 Å². The van der Waals surface area contributed by atoms with Crippen LogP contribution in [-0.4, -0.2) is 30.6 Å². The van der Waals surface area contributed by atoms with E-state index in [1.165, 1.54) is 0 Å². The molecule has 0 aliphatic heterocycles. The molecule has 0 radical (unpaired) electrons. The van der Waals surface area contributed by atoms with Crippen molar-refractivity contribution in [2.24, 2.45) is 0 Å². The number of methoxy groups -OCH3 is 1. The largest absolute Gasteiger partial charge is 0.497 e. The highest BCUT2D eigenvalue weighted by molar-refractivity contribution is 9.11. The Morgan fingerprint density at radius 3 is 2.60 bits per heavy atom. The zero-order chi connectivity index (χ0) is 14.5. The number of halogens is 1. The third-order valence-electron chi connectivity index (χ3n) is 3.19. The summed E-state index contributed by atoms with van der Waals surface area (Å²) >= 11 is 3.25. The zero-order valence-corrected chi connectivity index (χ0v) is 13.1. The van der Waals surface area contributed by atoms with E-state index in [4.69, 9.17) is 4.74 Å². The van der Waals surface area contributed by atoms with Gasteiger partial charge in [-0.2, -0.15) is 0 Å². The summed E-state index contributed by atoms with van der Waals surface area (Å²) in [4.78, 5) is 14.1. The van der Waals surface area contributed by atoms with Gasteiger partial charge in [0.2, 0.25) is 0 Å². The predicted molar refractivity (Wildman–Crippen MR) is 83.0 cm³/mol. The van der Waals surface area contributed by atoms with Crippen LogP contribution in [0.3, 0.4) is 0 Å². The molecular formula is C15H19BrN2O2. The lowest BCUT2D eigenvalue weighted by Gasteiger charge is -2.23. The molecule has 108 valence electrons. The highest BCUT2D eigenvalue weighted by atomic mass is 79.9. The minimum absolute atomic E-state index is 0.0380. The molecule has 0 saturated heterocycles. The maximum absolute atomic E-state index is 12.2. The Labute approximate surface area is 127 Å². The van der Waals surface area contributed by atoms with Gasteiger partial charge in [-0.25, -0.2) is 4.79 Å². The van der Waals surface area contributed by atoms with Gasteiger partial charge >= 0.3 is 6.03 Å². The molecule has 1 aliphatic carbocycles. The Balaban J connectivity index is 1.97. The fraction of sp³-hybridized carbons (Fsp3) is 0.400. The van der Waals surface area contributed by atoms with Crippen molar-refractivity contribution in [2.75, 3.05) is 13.7 Å². The number of hydrogen-bond donors (Lipinski definition) is 1. The fourth-order valence-electron chi connectivity index (χ4n) is 1.95. The number of nitrogens with one attached hydrogen (secondary N) is 1. The third-order valence-corrected chi connectivity index (χ3v) is 3.47. The van der Waals surface area contributed by atoms with Crippen molar-refractivity contribution in [3.8, 4) is 5.75 Å². The first-order valence-corrected chi connectivity index (χ1v) is 7.40. The molecule has 2 rings (SSSR count). The molecule has 0 unspecified atom stereocenters. The van der Waals surface area contributed by atoms with E-state index in [1.54, 1.807) is 7.11 Å². The van der Waals surface area contributed by atoms with Crippen molar-refractivity contribution in [2.45, 2.75) is 25.4 Å². The summed E-state index contributed by atoms with van der Waals surface area (Å²) in [6.07, 6.45) is 2.16. The van der Waals surface area contributed by atoms with Crippen LogP contribution in [0.5, 0.6) is 5.75 Å². The number of ether oxygens (including phenoxy) is 1. The van der Waals surface area contributed by atoms with Gasteiger partial charge in [0, 0.05) is 17.1 Å². The molecule has 2 amide bonds. The molecule has 5 heteroatoms. The number of carbonyl (C=O) groups excluding carboxylic acids is 1. The first-order valence-electron chi connectivity index (χ1n) is 6.61. The average Bonchev–Trinajstić information content (AvgIpc) is 3.27. The van der Waals surface area contributed by atoms with Gasteiger partial charge in [-0.1, -0.05) is 34.6 Å². The fourth-order valence-corrected chi connectivity index (χ4v) is 2.09. The van der Waals surface area contributed by atoms with Crippen molar-refractivity contribution in [1.82, 2.24) is 10.2 Å². The number of urea groups is 1. The van der Waals surface area contributed by atoms with Crippen LogP contribution >= 0.6 is 15.9 Å². The van der Waals surface area contributed by atoms with Crippen LogP contribution in [0.1, 0.15) is 18.4 Å². The number of rotatable bonds is 6. The lowest BCUT2D eigenvalue weighted by Crippen LogP contribution is -2.41. The van der Waals surface area contributed by atoms with Gasteiger partial charge in [0.25, 0.3) is 0 Å². The van der Waals surface area contributed by atoms with E-state index < -0.39 is 0 Å². The summed E-state index contributed by atoms with van der Waals surface area (Å²) in [7, 11) is 1.64. The van der Waals surface area contributed by atoms with E-state index in [1.807, 2.05) is 29.2 Å². The predicted octanol–water partition coefficient (Wildman–Crippen LogP) is 3.28. The summed E-state index contributed by atoms with van der Waals surface area (Å²) in [5.74, 6) is 0.826.